The maximum absolute atomic E-state index is 12.1. The molecule has 2 rings (SSSR count). The number of amides is 1. The summed E-state index contributed by atoms with van der Waals surface area (Å²) in [6.07, 6.45) is 2.14. The van der Waals surface area contributed by atoms with Crippen LogP contribution in [0.5, 0.6) is 0 Å². The molecule has 0 radical (unpaired) electrons. The van der Waals surface area contributed by atoms with E-state index in [0.717, 1.165) is 18.5 Å². The Morgan fingerprint density at radius 3 is 2.45 bits per heavy atom. The quantitative estimate of drug-likeness (QED) is 0.826. The van der Waals surface area contributed by atoms with E-state index in [-0.39, 0.29) is 10.9 Å². The molecular weight excluding hydrogens is 293 g/mol. The maximum atomic E-state index is 12.1. The first-order chi connectivity index (χ1) is 9.61. The van der Waals surface area contributed by atoms with Crippen molar-refractivity contribution in [3.05, 3.63) is 63.6 Å². The van der Waals surface area contributed by atoms with Gasteiger partial charge in [-0.25, -0.2) is 0 Å². The highest BCUT2D eigenvalue weighted by molar-refractivity contribution is 6.44. The van der Waals surface area contributed by atoms with E-state index in [1.807, 2.05) is 24.3 Å². The maximum Gasteiger partial charge on any atom is 0.257 e. The molecule has 1 amide bonds. The van der Waals surface area contributed by atoms with Crippen LogP contribution in [0.4, 0.5) is 5.69 Å². The van der Waals surface area contributed by atoms with E-state index in [9.17, 15) is 4.79 Å². The molecule has 0 aliphatic heterocycles. The van der Waals surface area contributed by atoms with Crippen molar-refractivity contribution in [2.75, 3.05) is 5.32 Å². The zero-order valence-electron chi connectivity index (χ0n) is 11.1. The Balaban J connectivity index is 2.13. The molecule has 1 N–H and O–H groups in total. The fourth-order valence-corrected chi connectivity index (χ4v) is 2.31. The van der Waals surface area contributed by atoms with Gasteiger partial charge in [-0.3, -0.25) is 4.79 Å². The van der Waals surface area contributed by atoms with Gasteiger partial charge in [0, 0.05) is 5.69 Å². The Kier molecular flexibility index (Phi) is 5.05. The number of carbonyl (C=O) groups is 1. The summed E-state index contributed by atoms with van der Waals surface area (Å²) < 4.78 is 0. The molecule has 4 heteroatoms. The lowest BCUT2D eigenvalue weighted by Gasteiger charge is -2.08. The predicted molar refractivity (Wildman–Crippen MR) is 84.9 cm³/mol. The van der Waals surface area contributed by atoms with Crippen LogP contribution in [0.3, 0.4) is 0 Å². The molecule has 104 valence electrons. The van der Waals surface area contributed by atoms with Crippen LogP contribution in [0.1, 0.15) is 29.3 Å². The number of benzene rings is 2. The number of nitrogens with one attached hydrogen (secondary N) is 1. The van der Waals surface area contributed by atoms with Crippen molar-refractivity contribution in [2.24, 2.45) is 0 Å². The lowest BCUT2D eigenvalue weighted by atomic mass is 10.1. The van der Waals surface area contributed by atoms with Gasteiger partial charge in [-0.1, -0.05) is 54.7 Å². The van der Waals surface area contributed by atoms with Crippen LogP contribution >= 0.6 is 23.2 Å². The molecule has 2 aromatic rings. The molecule has 0 aliphatic rings. The molecule has 0 atom stereocenters. The SMILES string of the molecule is CCCc1ccc(NC(=O)c2cccc(Cl)c2Cl)cc1. The molecule has 2 aromatic carbocycles. The Hall–Kier alpha value is -1.51. The lowest BCUT2D eigenvalue weighted by Crippen LogP contribution is -2.12. The summed E-state index contributed by atoms with van der Waals surface area (Å²) >= 11 is 11.9. The summed E-state index contributed by atoms with van der Waals surface area (Å²) in [4.78, 5) is 12.1. The summed E-state index contributed by atoms with van der Waals surface area (Å²) in [5.74, 6) is -0.263. The normalized spacial score (nSPS) is 10.3. The summed E-state index contributed by atoms with van der Waals surface area (Å²) in [5, 5.41) is 3.46. The number of anilines is 1. The van der Waals surface area contributed by atoms with Gasteiger partial charge in [-0.2, -0.15) is 0 Å². The Morgan fingerprint density at radius 1 is 1.10 bits per heavy atom. The molecule has 0 spiro atoms. The first-order valence-corrected chi connectivity index (χ1v) is 7.21. The van der Waals surface area contributed by atoms with Gasteiger partial charge in [0.05, 0.1) is 15.6 Å². The second-order valence-corrected chi connectivity index (χ2v) is 5.29. The Labute approximate surface area is 128 Å². The number of halogens is 2. The minimum atomic E-state index is -0.263. The van der Waals surface area contributed by atoms with Gasteiger partial charge in [-0.15, -0.1) is 0 Å². The van der Waals surface area contributed by atoms with E-state index >= 15 is 0 Å². The molecule has 0 aliphatic carbocycles. The lowest BCUT2D eigenvalue weighted by molar-refractivity contribution is 0.102. The van der Waals surface area contributed by atoms with E-state index < -0.39 is 0 Å². The van der Waals surface area contributed by atoms with Gasteiger partial charge >= 0.3 is 0 Å². The zero-order chi connectivity index (χ0) is 14.5. The van der Waals surface area contributed by atoms with Gasteiger partial charge in [0.2, 0.25) is 0 Å². The highest BCUT2D eigenvalue weighted by Gasteiger charge is 2.12. The van der Waals surface area contributed by atoms with Crippen molar-refractivity contribution in [3.8, 4) is 0 Å². The third-order valence-electron chi connectivity index (χ3n) is 2.95. The fourth-order valence-electron chi connectivity index (χ4n) is 1.92. The van der Waals surface area contributed by atoms with Gasteiger partial charge in [0.15, 0.2) is 0 Å². The molecule has 0 unspecified atom stereocenters. The van der Waals surface area contributed by atoms with E-state index in [2.05, 4.69) is 12.2 Å². The van der Waals surface area contributed by atoms with Gasteiger partial charge in [0.1, 0.15) is 0 Å². The standard InChI is InChI=1S/C16H15Cl2NO/c1-2-4-11-7-9-12(10-8-11)19-16(20)13-5-3-6-14(17)15(13)18/h3,5-10H,2,4H2,1H3,(H,19,20). The Bertz CT molecular complexity index is 608. The summed E-state index contributed by atoms with van der Waals surface area (Å²) in [7, 11) is 0. The first kappa shape index (κ1) is 14.9. The smallest absolute Gasteiger partial charge is 0.257 e. The first-order valence-electron chi connectivity index (χ1n) is 6.46. The van der Waals surface area contributed by atoms with Crippen LogP contribution in [-0.2, 0) is 6.42 Å². The minimum Gasteiger partial charge on any atom is -0.322 e. The van der Waals surface area contributed by atoms with Crippen molar-refractivity contribution in [1.29, 1.82) is 0 Å². The Morgan fingerprint density at radius 2 is 1.80 bits per heavy atom. The monoisotopic (exact) mass is 307 g/mol. The van der Waals surface area contributed by atoms with Gasteiger partial charge < -0.3 is 5.32 Å². The van der Waals surface area contributed by atoms with Crippen LogP contribution in [0, 0.1) is 0 Å². The van der Waals surface area contributed by atoms with Crippen molar-refractivity contribution < 1.29 is 4.79 Å². The van der Waals surface area contributed by atoms with Crippen LogP contribution in [-0.4, -0.2) is 5.91 Å². The molecule has 0 aromatic heterocycles. The highest BCUT2D eigenvalue weighted by atomic mass is 35.5. The topological polar surface area (TPSA) is 29.1 Å². The van der Waals surface area contributed by atoms with Crippen molar-refractivity contribution in [2.45, 2.75) is 19.8 Å². The van der Waals surface area contributed by atoms with Crippen LogP contribution < -0.4 is 5.32 Å². The predicted octanol–water partition coefficient (Wildman–Crippen LogP) is 5.20. The van der Waals surface area contributed by atoms with Gasteiger partial charge in [0.25, 0.3) is 5.91 Å². The third-order valence-corrected chi connectivity index (χ3v) is 3.77. The molecule has 0 saturated heterocycles. The molecular formula is C16H15Cl2NO. The third kappa shape index (κ3) is 3.53. The fraction of sp³-hybridized carbons (Fsp3) is 0.188. The van der Waals surface area contributed by atoms with Crippen LogP contribution in [0.25, 0.3) is 0 Å². The minimum absolute atomic E-state index is 0.263. The molecule has 0 bridgehead atoms. The molecule has 0 saturated carbocycles. The number of hydrogen-bond acceptors (Lipinski definition) is 1. The average molecular weight is 308 g/mol. The number of hydrogen-bond donors (Lipinski definition) is 1. The average Bonchev–Trinajstić information content (AvgIpc) is 2.44. The molecule has 0 heterocycles. The van der Waals surface area contributed by atoms with Crippen LogP contribution in [0.2, 0.25) is 10.0 Å². The van der Waals surface area contributed by atoms with Crippen LogP contribution in [0.15, 0.2) is 42.5 Å². The number of carbonyl (C=O) groups excluding carboxylic acids is 1. The summed E-state index contributed by atoms with van der Waals surface area (Å²) in [6.45, 7) is 2.14. The van der Waals surface area contributed by atoms with E-state index in [1.54, 1.807) is 18.2 Å². The van der Waals surface area contributed by atoms with E-state index in [1.165, 1.54) is 5.56 Å². The summed E-state index contributed by atoms with van der Waals surface area (Å²) in [6, 6.07) is 12.8. The van der Waals surface area contributed by atoms with Crippen molar-refractivity contribution in [3.63, 3.8) is 0 Å². The zero-order valence-corrected chi connectivity index (χ0v) is 12.6. The van der Waals surface area contributed by atoms with Gasteiger partial charge in [-0.05, 0) is 36.2 Å². The van der Waals surface area contributed by atoms with E-state index in [4.69, 9.17) is 23.2 Å². The summed E-state index contributed by atoms with van der Waals surface area (Å²) in [5.41, 5.74) is 2.37. The van der Waals surface area contributed by atoms with Crippen molar-refractivity contribution >= 4 is 34.8 Å². The molecule has 2 nitrogen and oxygen atoms in total. The highest BCUT2D eigenvalue weighted by Crippen LogP contribution is 2.26. The number of rotatable bonds is 4. The number of aryl methyl sites for hydroxylation is 1. The van der Waals surface area contributed by atoms with E-state index in [0.29, 0.717) is 10.6 Å². The second kappa shape index (κ2) is 6.78. The molecule has 0 fully saturated rings. The van der Waals surface area contributed by atoms with Crippen molar-refractivity contribution in [1.82, 2.24) is 0 Å². The molecule has 20 heavy (non-hydrogen) atoms. The largest absolute Gasteiger partial charge is 0.322 e. The second-order valence-electron chi connectivity index (χ2n) is 4.50.